The Morgan fingerprint density at radius 1 is 1.20 bits per heavy atom. The maximum Gasteiger partial charge on any atom is 0.325 e. The molecule has 0 aliphatic rings. The fourth-order valence-electron chi connectivity index (χ4n) is 1.95. The second kappa shape index (κ2) is 8.84. The number of carbonyl (C=O) groups excluding carboxylic acids is 2. The molecule has 2 rings (SSSR count). The standard InChI is InChI=1S/C17H16N2O5S/c1-25-15-7-5-12(6-8-15)11-24-16(20)10-18-17(21)13-3-2-4-14(9-13)19(22)23/h2-9H,10-11H2,1H3,(H,18,21). The first kappa shape index (κ1) is 18.5. The van der Waals surface area contributed by atoms with Crippen LogP contribution < -0.4 is 5.32 Å². The molecule has 0 aliphatic carbocycles. The van der Waals surface area contributed by atoms with Crippen LogP contribution in [0.4, 0.5) is 5.69 Å². The van der Waals surface area contributed by atoms with E-state index in [9.17, 15) is 19.7 Å². The van der Waals surface area contributed by atoms with Crippen molar-refractivity contribution in [1.29, 1.82) is 0 Å². The van der Waals surface area contributed by atoms with E-state index >= 15 is 0 Å². The molecule has 0 heterocycles. The van der Waals surface area contributed by atoms with E-state index in [0.29, 0.717) is 0 Å². The van der Waals surface area contributed by atoms with Crippen molar-refractivity contribution in [3.63, 3.8) is 0 Å². The molecule has 0 spiro atoms. The monoisotopic (exact) mass is 360 g/mol. The van der Waals surface area contributed by atoms with Crippen LogP contribution in [0.1, 0.15) is 15.9 Å². The quantitative estimate of drug-likeness (QED) is 0.353. The third-order valence-corrected chi connectivity index (χ3v) is 4.01. The van der Waals surface area contributed by atoms with Gasteiger partial charge >= 0.3 is 5.97 Å². The molecular weight excluding hydrogens is 344 g/mol. The van der Waals surface area contributed by atoms with Gasteiger partial charge in [-0.1, -0.05) is 18.2 Å². The minimum Gasteiger partial charge on any atom is -0.460 e. The van der Waals surface area contributed by atoms with Crippen molar-refractivity contribution in [2.24, 2.45) is 0 Å². The Balaban J connectivity index is 1.81. The zero-order valence-corrected chi connectivity index (χ0v) is 14.2. The summed E-state index contributed by atoms with van der Waals surface area (Å²) in [5, 5.41) is 13.1. The van der Waals surface area contributed by atoms with E-state index in [1.165, 1.54) is 18.2 Å². The lowest BCUT2D eigenvalue weighted by Gasteiger charge is -2.07. The van der Waals surface area contributed by atoms with E-state index in [4.69, 9.17) is 4.74 Å². The van der Waals surface area contributed by atoms with Gasteiger partial charge in [-0.15, -0.1) is 11.8 Å². The molecule has 0 aromatic heterocycles. The number of nitrogens with zero attached hydrogens (tertiary/aromatic N) is 1. The van der Waals surface area contributed by atoms with Gasteiger partial charge in [-0.05, 0) is 30.0 Å². The van der Waals surface area contributed by atoms with Crippen molar-refractivity contribution in [3.05, 3.63) is 69.8 Å². The molecule has 0 saturated heterocycles. The van der Waals surface area contributed by atoms with Gasteiger partial charge in [0.1, 0.15) is 13.2 Å². The van der Waals surface area contributed by atoms with Crippen molar-refractivity contribution < 1.29 is 19.2 Å². The number of carbonyl (C=O) groups is 2. The molecule has 8 heteroatoms. The number of ether oxygens (including phenoxy) is 1. The molecule has 2 aromatic rings. The number of benzene rings is 2. The Kier molecular flexibility index (Phi) is 6.53. The van der Waals surface area contributed by atoms with Gasteiger partial charge in [0.05, 0.1) is 4.92 Å². The number of thioether (sulfide) groups is 1. The summed E-state index contributed by atoms with van der Waals surface area (Å²) in [6.45, 7) is -0.204. The zero-order chi connectivity index (χ0) is 18.2. The summed E-state index contributed by atoms with van der Waals surface area (Å²) in [7, 11) is 0. The Morgan fingerprint density at radius 2 is 1.92 bits per heavy atom. The molecule has 0 saturated carbocycles. The highest BCUT2D eigenvalue weighted by atomic mass is 32.2. The van der Waals surface area contributed by atoms with Crippen LogP contribution in [-0.2, 0) is 16.1 Å². The van der Waals surface area contributed by atoms with Gasteiger partial charge in [-0.2, -0.15) is 0 Å². The number of hydrogen-bond acceptors (Lipinski definition) is 6. The molecule has 2 aromatic carbocycles. The van der Waals surface area contributed by atoms with Crippen LogP contribution >= 0.6 is 11.8 Å². The summed E-state index contributed by atoms with van der Waals surface area (Å²) >= 11 is 1.62. The number of esters is 1. The van der Waals surface area contributed by atoms with Crippen molar-refractivity contribution in [1.82, 2.24) is 5.32 Å². The first-order valence-corrected chi connectivity index (χ1v) is 8.53. The predicted molar refractivity (Wildman–Crippen MR) is 93.4 cm³/mol. The third kappa shape index (κ3) is 5.61. The van der Waals surface area contributed by atoms with Crippen LogP contribution in [0, 0.1) is 10.1 Å². The van der Waals surface area contributed by atoms with Crippen LogP contribution in [0.15, 0.2) is 53.4 Å². The number of nitrogens with one attached hydrogen (secondary N) is 1. The Morgan fingerprint density at radius 3 is 2.56 bits per heavy atom. The molecule has 0 fully saturated rings. The second-order valence-corrected chi connectivity index (χ2v) is 5.88. The molecule has 0 aliphatic heterocycles. The van der Waals surface area contributed by atoms with E-state index < -0.39 is 16.8 Å². The van der Waals surface area contributed by atoms with E-state index in [-0.39, 0.29) is 24.4 Å². The van der Waals surface area contributed by atoms with Gasteiger partial charge in [-0.3, -0.25) is 19.7 Å². The first-order valence-electron chi connectivity index (χ1n) is 7.31. The molecular formula is C17H16N2O5S. The maximum absolute atomic E-state index is 11.9. The molecule has 0 atom stereocenters. The number of amides is 1. The molecule has 130 valence electrons. The summed E-state index contributed by atoms with van der Waals surface area (Å²) in [4.78, 5) is 34.8. The largest absolute Gasteiger partial charge is 0.460 e. The molecule has 25 heavy (non-hydrogen) atoms. The van der Waals surface area contributed by atoms with E-state index in [0.717, 1.165) is 16.5 Å². The average Bonchev–Trinajstić information content (AvgIpc) is 2.64. The highest BCUT2D eigenvalue weighted by Gasteiger charge is 2.13. The van der Waals surface area contributed by atoms with Crippen LogP contribution in [0.2, 0.25) is 0 Å². The summed E-state index contributed by atoms with van der Waals surface area (Å²) in [5.74, 6) is -1.17. The van der Waals surface area contributed by atoms with E-state index in [2.05, 4.69) is 5.32 Å². The van der Waals surface area contributed by atoms with E-state index in [1.54, 1.807) is 11.8 Å². The second-order valence-electron chi connectivity index (χ2n) is 5.00. The van der Waals surface area contributed by atoms with E-state index in [1.807, 2.05) is 30.5 Å². The average molecular weight is 360 g/mol. The lowest BCUT2D eigenvalue weighted by atomic mass is 10.2. The van der Waals surface area contributed by atoms with Gasteiger partial charge in [0.25, 0.3) is 11.6 Å². The molecule has 0 bridgehead atoms. The Bertz CT molecular complexity index is 777. The smallest absolute Gasteiger partial charge is 0.325 e. The van der Waals surface area contributed by atoms with Crippen molar-refractivity contribution in [2.45, 2.75) is 11.5 Å². The molecule has 1 N–H and O–H groups in total. The van der Waals surface area contributed by atoms with Gasteiger partial charge in [0, 0.05) is 22.6 Å². The van der Waals surface area contributed by atoms with Gasteiger partial charge in [-0.25, -0.2) is 0 Å². The van der Waals surface area contributed by atoms with Crippen molar-refractivity contribution >= 4 is 29.3 Å². The van der Waals surface area contributed by atoms with Gasteiger partial charge in [0.2, 0.25) is 0 Å². The first-order chi connectivity index (χ1) is 12.0. The van der Waals surface area contributed by atoms with Crippen LogP contribution in [0.25, 0.3) is 0 Å². The predicted octanol–water partition coefficient (Wildman–Crippen LogP) is 2.79. The normalized spacial score (nSPS) is 10.1. The third-order valence-electron chi connectivity index (χ3n) is 3.27. The minimum atomic E-state index is -0.590. The highest BCUT2D eigenvalue weighted by Crippen LogP contribution is 2.15. The number of non-ortho nitro benzene ring substituents is 1. The summed E-state index contributed by atoms with van der Waals surface area (Å²) in [6.07, 6.45) is 1.97. The van der Waals surface area contributed by atoms with Crippen molar-refractivity contribution in [3.8, 4) is 0 Å². The molecule has 7 nitrogen and oxygen atoms in total. The molecule has 1 amide bonds. The zero-order valence-electron chi connectivity index (χ0n) is 13.4. The van der Waals surface area contributed by atoms with Crippen LogP contribution in [0.5, 0.6) is 0 Å². The Hall–Kier alpha value is -2.87. The Labute approximate surface area is 148 Å². The number of rotatable bonds is 7. The SMILES string of the molecule is CSc1ccc(COC(=O)CNC(=O)c2cccc([N+](=O)[O-])c2)cc1. The summed E-state index contributed by atoms with van der Waals surface area (Å²) in [5.41, 5.74) is 0.759. The lowest BCUT2D eigenvalue weighted by Crippen LogP contribution is -2.30. The minimum absolute atomic E-state index is 0.106. The van der Waals surface area contributed by atoms with Gasteiger partial charge < -0.3 is 10.1 Å². The molecule has 0 unspecified atom stereocenters. The number of hydrogen-bond donors (Lipinski definition) is 1. The fourth-order valence-corrected chi connectivity index (χ4v) is 2.36. The van der Waals surface area contributed by atoms with Crippen LogP contribution in [-0.4, -0.2) is 29.6 Å². The summed E-state index contributed by atoms with van der Waals surface area (Å²) in [6, 6.07) is 12.9. The number of nitro benzene ring substituents is 1. The highest BCUT2D eigenvalue weighted by molar-refractivity contribution is 7.98. The summed E-state index contributed by atoms with van der Waals surface area (Å²) < 4.78 is 5.08. The van der Waals surface area contributed by atoms with Crippen molar-refractivity contribution in [2.75, 3.05) is 12.8 Å². The van der Waals surface area contributed by atoms with Crippen LogP contribution in [0.3, 0.4) is 0 Å². The number of nitro groups is 1. The lowest BCUT2D eigenvalue weighted by molar-refractivity contribution is -0.384. The fraction of sp³-hybridized carbons (Fsp3) is 0.176. The van der Waals surface area contributed by atoms with Gasteiger partial charge in [0.15, 0.2) is 0 Å². The topological polar surface area (TPSA) is 98.5 Å². The maximum atomic E-state index is 11.9. The molecule has 0 radical (unpaired) electrons.